The summed E-state index contributed by atoms with van der Waals surface area (Å²) < 4.78 is 35.1. The molecule has 2 heterocycles. The second kappa shape index (κ2) is 8.78. The molecule has 2 saturated heterocycles. The Hall–Kier alpha value is -2.52. The van der Waals surface area contributed by atoms with E-state index < -0.39 is 9.84 Å². The number of aliphatic imine (C=N–C) groups is 1. The zero-order valence-corrected chi connectivity index (χ0v) is 20.1. The maximum absolute atomic E-state index is 12.9. The number of amides is 1. The third-order valence-corrected chi connectivity index (χ3v) is 8.78. The van der Waals surface area contributed by atoms with Gasteiger partial charge in [-0.25, -0.2) is 8.42 Å². The predicted octanol–water partition coefficient (Wildman–Crippen LogP) is 3.16. The molecule has 2 aromatic rings. The number of rotatable bonds is 5. The van der Waals surface area contributed by atoms with Crippen LogP contribution in [0.25, 0.3) is 0 Å². The molecule has 2 aliphatic rings. The largest absolute Gasteiger partial charge is 0.493 e. The highest BCUT2D eigenvalue weighted by molar-refractivity contribution is 8.16. The molecule has 0 N–H and O–H groups in total. The first kappa shape index (κ1) is 22.7. The van der Waals surface area contributed by atoms with Crippen LogP contribution in [0.2, 0.25) is 0 Å². The van der Waals surface area contributed by atoms with E-state index in [0.717, 1.165) is 22.4 Å². The summed E-state index contributed by atoms with van der Waals surface area (Å²) in [6, 6.07) is 11.2. The SMILES string of the molecule is COc1ccc(CC(=O)N=C2S[C@@H]3CS(=O)(=O)C[C@@H]3N2c2cc(C)cc(C)c2)cc1OC. The highest BCUT2D eigenvalue weighted by Gasteiger charge is 2.49. The van der Waals surface area contributed by atoms with Crippen LogP contribution in [0.3, 0.4) is 0 Å². The molecule has 2 aromatic carbocycles. The summed E-state index contributed by atoms with van der Waals surface area (Å²) in [5.74, 6) is 1.03. The van der Waals surface area contributed by atoms with E-state index in [9.17, 15) is 13.2 Å². The van der Waals surface area contributed by atoms with E-state index >= 15 is 0 Å². The van der Waals surface area contributed by atoms with Crippen molar-refractivity contribution >= 4 is 38.4 Å². The van der Waals surface area contributed by atoms with Gasteiger partial charge < -0.3 is 14.4 Å². The average molecular weight is 475 g/mol. The summed E-state index contributed by atoms with van der Waals surface area (Å²) in [5.41, 5.74) is 3.79. The number of anilines is 1. The Morgan fingerprint density at radius 3 is 2.41 bits per heavy atom. The van der Waals surface area contributed by atoms with E-state index in [1.54, 1.807) is 26.4 Å². The zero-order chi connectivity index (χ0) is 23.0. The molecule has 2 atom stereocenters. The fraction of sp³-hybridized carbons (Fsp3) is 0.391. The van der Waals surface area contributed by atoms with Crippen LogP contribution in [-0.2, 0) is 21.1 Å². The first-order valence-corrected chi connectivity index (χ1v) is 13.0. The summed E-state index contributed by atoms with van der Waals surface area (Å²) in [5, 5.41) is 0.429. The van der Waals surface area contributed by atoms with E-state index in [4.69, 9.17) is 9.47 Å². The number of thioether (sulfide) groups is 1. The minimum Gasteiger partial charge on any atom is -0.493 e. The van der Waals surface area contributed by atoms with Crippen molar-refractivity contribution < 1.29 is 22.7 Å². The quantitative estimate of drug-likeness (QED) is 0.658. The molecule has 0 unspecified atom stereocenters. The van der Waals surface area contributed by atoms with Gasteiger partial charge in [0.05, 0.1) is 38.2 Å². The standard InChI is InChI=1S/C23H26N2O5S2/c1-14-7-15(2)9-17(8-14)25-18-12-32(27,28)13-21(18)31-23(25)24-22(26)11-16-5-6-19(29-3)20(10-16)30-4/h5-10,18,21H,11-13H2,1-4H3/t18-,21+/m0/s1. The van der Waals surface area contributed by atoms with Gasteiger partial charge in [0.25, 0.3) is 5.91 Å². The highest BCUT2D eigenvalue weighted by Crippen LogP contribution is 2.41. The van der Waals surface area contributed by atoms with Crippen molar-refractivity contribution in [2.24, 2.45) is 4.99 Å². The molecule has 0 saturated carbocycles. The zero-order valence-electron chi connectivity index (χ0n) is 18.5. The predicted molar refractivity (Wildman–Crippen MR) is 128 cm³/mol. The van der Waals surface area contributed by atoms with Crippen LogP contribution in [0, 0.1) is 13.8 Å². The Kier molecular flexibility index (Phi) is 6.22. The monoisotopic (exact) mass is 474 g/mol. The van der Waals surface area contributed by atoms with Gasteiger partial charge in [0.2, 0.25) is 0 Å². The highest BCUT2D eigenvalue weighted by atomic mass is 32.2. The Labute approximate surface area is 192 Å². The molecule has 9 heteroatoms. The number of sulfone groups is 1. The van der Waals surface area contributed by atoms with Crippen LogP contribution >= 0.6 is 11.8 Å². The van der Waals surface area contributed by atoms with E-state index in [-0.39, 0.29) is 35.1 Å². The lowest BCUT2D eigenvalue weighted by molar-refractivity contribution is -0.117. The molecule has 0 radical (unpaired) electrons. The third kappa shape index (κ3) is 4.63. The summed E-state index contributed by atoms with van der Waals surface area (Å²) in [4.78, 5) is 19.2. The normalized spacial score (nSPS) is 22.8. The first-order valence-electron chi connectivity index (χ1n) is 10.3. The summed E-state index contributed by atoms with van der Waals surface area (Å²) in [6.45, 7) is 4.00. The fourth-order valence-electron chi connectivity index (χ4n) is 4.27. The van der Waals surface area contributed by atoms with Crippen LogP contribution in [-0.4, -0.2) is 56.5 Å². The number of nitrogens with zero attached hydrogens (tertiary/aromatic N) is 2. The number of fused-ring (bicyclic) bond motifs is 1. The van der Waals surface area contributed by atoms with E-state index in [0.29, 0.717) is 16.7 Å². The van der Waals surface area contributed by atoms with Gasteiger partial charge in [-0.3, -0.25) is 4.79 Å². The molecule has 7 nitrogen and oxygen atoms in total. The van der Waals surface area contributed by atoms with Crippen molar-refractivity contribution in [2.45, 2.75) is 31.6 Å². The number of hydrogen-bond acceptors (Lipinski definition) is 6. The Morgan fingerprint density at radius 1 is 1.06 bits per heavy atom. The Morgan fingerprint density at radius 2 is 1.75 bits per heavy atom. The van der Waals surface area contributed by atoms with Crippen LogP contribution in [0.1, 0.15) is 16.7 Å². The molecular weight excluding hydrogens is 448 g/mol. The van der Waals surface area contributed by atoms with Crippen molar-refractivity contribution in [2.75, 3.05) is 30.6 Å². The van der Waals surface area contributed by atoms with E-state index in [1.807, 2.05) is 36.9 Å². The van der Waals surface area contributed by atoms with Crippen molar-refractivity contribution in [3.05, 3.63) is 53.1 Å². The summed E-state index contributed by atoms with van der Waals surface area (Å²) in [7, 11) is -0.000496. The van der Waals surface area contributed by atoms with Gasteiger partial charge in [0.15, 0.2) is 26.5 Å². The fourth-order valence-corrected chi connectivity index (χ4v) is 8.20. The summed E-state index contributed by atoms with van der Waals surface area (Å²) in [6.07, 6.45) is 0.110. The molecule has 32 heavy (non-hydrogen) atoms. The van der Waals surface area contributed by atoms with Crippen LogP contribution in [0.15, 0.2) is 41.4 Å². The average Bonchev–Trinajstić information content (AvgIpc) is 3.17. The maximum atomic E-state index is 12.9. The number of amidine groups is 1. The van der Waals surface area contributed by atoms with Gasteiger partial charge in [0, 0.05) is 10.9 Å². The lowest BCUT2D eigenvalue weighted by Gasteiger charge is -2.25. The van der Waals surface area contributed by atoms with Gasteiger partial charge in [-0.1, -0.05) is 23.9 Å². The molecule has 0 aromatic heterocycles. The Bertz CT molecular complexity index is 1170. The first-order chi connectivity index (χ1) is 15.2. The van der Waals surface area contributed by atoms with Gasteiger partial charge >= 0.3 is 0 Å². The van der Waals surface area contributed by atoms with Crippen molar-refractivity contribution in [1.82, 2.24) is 0 Å². The number of methoxy groups -OCH3 is 2. The topological polar surface area (TPSA) is 85.3 Å². The number of hydrogen-bond donors (Lipinski definition) is 0. The smallest absolute Gasteiger partial charge is 0.252 e. The van der Waals surface area contributed by atoms with Gasteiger partial charge in [-0.15, -0.1) is 0 Å². The number of ether oxygens (including phenoxy) is 2. The second-order valence-electron chi connectivity index (χ2n) is 8.17. The van der Waals surface area contributed by atoms with Gasteiger partial charge in [-0.2, -0.15) is 4.99 Å². The molecule has 1 amide bonds. The van der Waals surface area contributed by atoms with Crippen LogP contribution in [0.4, 0.5) is 5.69 Å². The molecular formula is C23H26N2O5S2. The van der Waals surface area contributed by atoms with E-state index in [2.05, 4.69) is 11.1 Å². The lowest BCUT2D eigenvalue weighted by atomic mass is 10.1. The molecule has 4 rings (SSSR count). The van der Waals surface area contributed by atoms with Crippen molar-refractivity contribution in [3.63, 3.8) is 0 Å². The van der Waals surface area contributed by atoms with Gasteiger partial charge in [0.1, 0.15) is 0 Å². The van der Waals surface area contributed by atoms with Crippen molar-refractivity contribution in [1.29, 1.82) is 0 Å². The van der Waals surface area contributed by atoms with Gasteiger partial charge in [-0.05, 0) is 54.8 Å². The number of carbonyl (C=O) groups is 1. The molecule has 2 aliphatic heterocycles. The molecule has 0 bridgehead atoms. The molecule has 2 fully saturated rings. The molecule has 0 spiro atoms. The van der Waals surface area contributed by atoms with Crippen LogP contribution in [0.5, 0.6) is 11.5 Å². The lowest BCUT2D eigenvalue weighted by Crippen LogP contribution is -2.37. The minimum atomic E-state index is -3.11. The van der Waals surface area contributed by atoms with E-state index in [1.165, 1.54) is 11.8 Å². The number of carbonyl (C=O) groups excluding carboxylic acids is 1. The second-order valence-corrected chi connectivity index (χ2v) is 11.5. The maximum Gasteiger partial charge on any atom is 0.252 e. The Balaban J connectivity index is 1.64. The summed E-state index contributed by atoms with van der Waals surface area (Å²) >= 11 is 1.38. The molecule has 0 aliphatic carbocycles. The number of benzene rings is 2. The third-order valence-electron chi connectivity index (χ3n) is 5.57. The van der Waals surface area contributed by atoms with Crippen molar-refractivity contribution in [3.8, 4) is 11.5 Å². The molecule has 170 valence electrons. The number of aryl methyl sites for hydroxylation is 2. The minimum absolute atomic E-state index is 0.0700. The van der Waals surface area contributed by atoms with Crippen LogP contribution < -0.4 is 14.4 Å².